The Hall–Kier alpha value is -1.63. The van der Waals surface area contributed by atoms with Crippen molar-refractivity contribution in [2.75, 3.05) is 5.75 Å². The minimum absolute atomic E-state index is 0.178. The lowest BCUT2D eigenvalue weighted by molar-refractivity contribution is -0.137. The van der Waals surface area contributed by atoms with E-state index in [2.05, 4.69) is 22.9 Å². The SMILES string of the molecule is O=C1C=CC(=O)N1Cc1cn(CCCCS)nn1. The van der Waals surface area contributed by atoms with Crippen LogP contribution in [0.3, 0.4) is 0 Å². The Morgan fingerprint density at radius 1 is 1.17 bits per heavy atom. The lowest BCUT2D eigenvalue weighted by atomic mass is 10.3. The summed E-state index contributed by atoms with van der Waals surface area (Å²) in [5, 5.41) is 7.90. The van der Waals surface area contributed by atoms with Crippen molar-refractivity contribution in [2.45, 2.75) is 25.9 Å². The second kappa shape index (κ2) is 5.81. The smallest absolute Gasteiger partial charge is 0.253 e. The maximum absolute atomic E-state index is 11.4. The quantitative estimate of drug-likeness (QED) is 0.460. The number of nitrogens with zero attached hydrogens (tertiary/aromatic N) is 4. The monoisotopic (exact) mass is 266 g/mol. The van der Waals surface area contributed by atoms with E-state index in [0.717, 1.165) is 30.0 Å². The van der Waals surface area contributed by atoms with Crippen LogP contribution >= 0.6 is 12.6 Å². The van der Waals surface area contributed by atoms with E-state index in [1.165, 1.54) is 12.2 Å². The van der Waals surface area contributed by atoms with Crippen molar-refractivity contribution in [3.8, 4) is 0 Å². The molecule has 0 aromatic carbocycles. The Balaban J connectivity index is 1.90. The number of carbonyl (C=O) groups excluding carboxylic acids is 2. The molecule has 1 aliphatic rings. The average molecular weight is 266 g/mol. The number of imide groups is 1. The molecule has 1 aromatic heterocycles. The molecule has 0 radical (unpaired) electrons. The summed E-state index contributed by atoms with van der Waals surface area (Å²) in [6.45, 7) is 0.949. The summed E-state index contributed by atoms with van der Waals surface area (Å²) < 4.78 is 1.72. The lowest BCUT2D eigenvalue weighted by Crippen LogP contribution is -2.29. The first-order valence-corrected chi connectivity index (χ1v) is 6.37. The molecule has 96 valence electrons. The normalized spacial score (nSPS) is 14.8. The summed E-state index contributed by atoms with van der Waals surface area (Å²) in [5.41, 5.74) is 0.617. The lowest BCUT2D eigenvalue weighted by Gasteiger charge is -2.10. The first kappa shape index (κ1) is 12.8. The molecule has 0 N–H and O–H groups in total. The summed E-state index contributed by atoms with van der Waals surface area (Å²) >= 11 is 4.14. The van der Waals surface area contributed by atoms with Crippen molar-refractivity contribution < 1.29 is 9.59 Å². The van der Waals surface area contributed by atoms with E-state index in [1.807, 2.05) is 0 Å². The van der Waals surface area contributed by atoms with Crippen molar-refractivity contribution in [3.63, 3.8) is 0 Å². The minimum atomic E-state index is -0.301. The maximum Gasteiger partial charge on any atom is 0.253 e. The van der Waals surface area contributed by atoms with Gasteiger partial charge >= 0.3 is 0 Å². The van der Waals surface area contributed by atoms with Crippen molar-refractivity contribution in [1.82, 2.24) is 19.9 Å². The third kappa shape index (κ3) is 2.98. The molecule has 2 heterocycles. The number of carbonyl (C=O) groups is 2. The molecule has 18 heavy (non-hydrogen) atoms. The molecule has 2 amide bonds. The van der Waals surface area contributed by atoms with Crippen LogP contribution in [0.5, 0.6) is 0 Å². The molecular weight excluding hydrogens is 252 g/mol. The molecule has 1 aromatic rings. The number of unbranched alkanes of at least 4 members (excludes halogenated alkanes) is 1. The molecule has 6 nitrogen and oxygen atoms in total. The summed E-state index contributed by atoms with van der Waals surface area (Å²) in [5.74, 6) is 0.249. The molecule has 0 atom stereocenters. The van der Waals surface area contributed by atoms with Crippen LogP contribution in [-0.4, -0.2) is 37.5 Å². The molecule has 0 saturated heterocycles. The molecule has 0 unspecified atom stereocenters. The molecule has 0 spiro atoms. The van der Waals surface area contributed by atoms with Gasteiger partial charge in [-0.2, -0.15) is 12.6 Å². The summed E-state index contributed by atoms with van der Waals surface area (Å²) in [6, 6.07) is 0. The van der Waals surface area contributed by atoms with E-state index < -0.39 is 0 Å². The average Bonchev–Trinajstić information content (AvgIpc) is 2.92. The van der Waals surface area contributed by atoms with Gasteiger partial charge in [0.1, 0.15) is 5.69 Å². The largest absolute Gasteiger partial charge is 0.269 e. The van der Waals surface area contributed by atoms with Gasteiger partial charge in [-0.15, -0.1) is 5.10 Å². The summed E-state index contributed by atoms with van der Waals surface area (Å²) in [4.78, 5) is 23.9. The van der Waals surface area contributed by atoms with Gasteiger partial charge < -0.3 is 0 Å². The summed E-state index contributed by atoms with van der Waals surface area (Å²) in [6.07, 6.45) is 6.29. The molecule has 1 aliphatic heterocycles. The number of amides is 2. The van der Waals surface area contributed by atoms with Crippen LogP contribution in [0, 0.1) is 0 Å². The van der Waals surface area contributed by atoms with E-state index in [-0.39, 0.29) is 18.4 Å². The van der Waals surface area contributed by atoms with Crippen LogP contribution < -0.4 is 0 Å². The Kier molecular flexibility index (Phi) is 4.14. The highest BCUT2D eigenvalue weighted by Crippen LogP contribution is 2.08. The molecule has 0 fully saturated rings. The van der Waals surface area contributed by atoms with Crippen molar-refractivity contribution in [2.24, 2.45) is 0 Å². The Morgan fingerprint density at radius 3 is 2.56 bits per heavy atom. The van der Waals surface area contributed by atoms with Gasteiger partial charge in [-0.1, -0.05) is 5.21 Å². The van der Waals surface area contributed by atoms with Gasteiger partial charge in [0.15, 0.2) is 0 Å². The van der Waals surface area contributed by atoms with E-state index >= 15 is 0 Å². The zero-order valence-corrected chi connectivity index (χ0v) is 10.7. The fourth-order valence-corrected chi connectivity index (χ4v) is 1.88. The molecular formula is C11H14N4O2S. The van der Waals surface area contributed by atoms with E-state index in [1.54, 1.807) is 10.9 Å². The van der Waals surface area contributed by atoms with Gasteiger partial charge in [0.2, 0.25) is 0 Å². The van der Waals surface area contributed by atoms with Gasteiger partial charge in [0, 0.05) is 18.7 Å². The number of thiol groups is 1. The Labute approximate surface area is 110 Å². The predicted molar refractivity (Wildman–Crippen MR) is 67.8 cm³/mol. The van der Waals surface area contributed by atoms with Gasteiger partial charge in [-0.3, -0.25) is 19.2 Å². The van der Waals surface area contributed by atoms with Crippen molar-refractivity contribution in [1.29, 1.82) is 0 Å². The topological polar surface area (TPSA) is 68.1 Å². The highest BCUT2D eigenvalue weighted by molar-refractivity contribution is 7.80. The molecule has 2 rings (SSSR count). The van der Waals surface area contributed by atoms with Gasteiger partial charge in [0.25, 0.3) is 11.8 Å². The van der Waals surface area contributed by atoms with Crippen LogP contribution in [-0.2, 0) is 22.7 Å². The second-order valence-electron chi connectivity index (χ2n) is 4.00. The van der Waals surface area contributed by atoms with Gasteiger partial charge in [-0.05, 0) is 18.6 Å². The Bertz CT molecular complexity index is 465. The fourth-order valence-electron chi connectivity index (χ4n) is 1.65. The third-order valence-electron chi connectivity index (χ3n) is 2.60. The molecule has 7 heteroatoms. The number of aryl methyl sites for hydroxylation is 1. The van der Waals surface area contributed by atoms with Crippen LogP contribution in [0.25, 0.3) is 0 Å². The fraction of sp³-hybridized carbons (Fsp3) is 0.455. The van der Waals surface area contributed by atoms with Gasteiger partial charge in [0.05, 0.1) is 12.7 Å². The van der Waals surface area contributed by atoms with E-state index in [9.17, 15) is 9.59 Å². The zero-order chi connectivity index (χ0) is 13.0. The maximum atomic E-state index is 11.4. The zero-order valence-electron chi connectivity index (χ0n) is 9.82. The van der Waals surface area contributed by atoms with E-state index in [4.69, 9.17) is 0 Å². The minimum Gasteiger partial charge on any atom is -0.269 e. The molecule has 0 saturated carbocycles. The van der Waals surface area contributed by atoms with Crippen LogP contribution in [0.1, 0.15) is 18.5 Å². The van der Waals surface area contributed by atoms with Crippen LogP contribution in [0.2, 0.25) is 0 Å². The van der Waals surface area contributed by atoms with Crippen LogP contribution in [0.15, 0.2) is 18.3 Å². The highest BCUT2D eigenvalue weighted by atomic mass is 32.1. The first-order chi connectivity index (χ1) is 8.70. The third-order valence-corrected chi connectivity index (χ3v) is 2.92. The number of hydrogen-bond acceptors (Lipinski definition) is 5. The number of hydrogen-bond donors (Lipinski definition) is 1. The Morgan fingerprint density at radius 2 is 1.89 bits per heavy atom. The first-order valence-electron chi connectivity index (χ1n) is 5.74. The van der Waals surface area contributed by atoms with E-state index in [0.29, 0.717) is 5.69 Å². The number of aromatic nitrogens is 3. The van der Waals surface area contributed by atoms with Crippen molar-refractivity contribution >= 4 is 24.4 Å². The molecule has 0 aliphatic carbocycles. The van der Waals surface area contributed by atoms with Crippen molar-refractivity contribution in [3.05, 3.63) is 24.0 Å². The van der Waals surface area contributed by atoms with Gasteiger partial charge in [-0.25, -0.2) is 0 Å². The summed E-state index contributed by atoms with van der Waals surface area (Å²) in [7, 11) is 0. The highest BCUT2D eigenvalue weighted by Gasteiger charge is 2.24. The second-order valence-corrected chi connectivity index (χ2v) is 4.45. The standard InChI is InChI=1S/C11H14N4O2S/c16-10-3-4-11(17)15(10)8-9-7-14(13-12-9)5-1-2-6-18/h3-4,7,18H,1-2,5-6,8H2. The predicted octanol–water partition coefficient (Wildman–Crippen LogP) is 0.413. The molecule has 0 bridgehead atoms. The van der Waals surface area contributed by atoms with Crippen LogP contribution in [0.4, 0.5) is 0 Å². The number of rotatable bonds is 6.